The molecule has 33 heavy (non-hydrogen) atoms. The molecule has 0 bridgehead atoms. The minimum absolute atomic E-state index is 0.152. The summed E-state index contributed by atoms with van der Waals surface area (Å²) in [7, 11) is 3.30. The number of nitrogens with two attached hydrogens (primary N) is 1. The van der Waals surface area contributed by atoms with E-state index in [0.717, 1.165) is 6.42 Å². The highest BCUT2D eigenvalue weighted by molar-refractivity contribution is 7.15. The number of thiazole rings is 1. The molecule has 0 saturated carbocycles. The van der Waals surface area contributed by atoms with Gasteiger partial charge >= 0.3 is 5.91 Å². The van der Waals surface area contributed by atoms with Crippen LogP contribution in [0.1, 0.15) is 39.1 Å². The molecule has 5 N–H and O–H groups in total. The second kappa shape index (κ2) is 11.4. The number of carbonyl (C=O) groups is 2. The molecule has 1 aliphatic heterocycles. The maximum Gasteiger partial charge on any atom is 0.339 e. The van der Waals surface area contributed by atoms with Gasteiger partial charge in [0.1, 0.15) is 22.5 Å². The van der Waals surface area contributed by atoms with Crippen molar-refractivity contribution in [3.05, 3.63) is 46.6 Å². The summed E-state index contributed by atoms with van der Waals surface area (Å²) in [5.74, 6) is 0.349. The fourth-order valence-corrected chi connectivity index (χ4v) is 4.01. The van der Waals surface area contributed by atoms with Gasteiger partial charge in [-0.2, -0.15) is 0 Å². The van der Waals surface area contributed by atoms with Gasteiger partial charge in [-0.05, 0) is 31.9 Å². The molecule has 0 radical (unpaired) electrons. The number of methoxy groups -OCH3 is 1. The standard InChI is InChI=1S/C22H27N5O5S/c1-13(12-30-3)31-15-9-14(20(28)27-18(23)6-8-24-2)10-16(11-15)32-22-26-17-5-4-7-25-21(29)19(17)33-22/h6,8-11,13,24H,4-5,7,12H2,1-3H3,(H,25,29)(H2,23,27,28)/p+1/b8-6-/t13-/m0/s1. The van der Waals surface area contributed by atoms with Crippen molar-refractivity contribution in [1.29, 1.82) is 0 Å². The highest BCUT2D eigenvalue weighted by Crippen LogP contribution is 2.33. The van der Waals surface area contributed by atoms with Crippen LogP contribution in [0.5, 0.6) is 16.7 Å². The van der Waals surface area contributed by atoms with Gasteiger partial charge in [-0.3, -0.25) is 10.2 Å². The van der Waals surface area contributed by atoms with Gasteiger partial charge in [0, 0.05) is 39.0 Å². The van der Waals surface area contributed by atoms with Crippen LogP contribution in [-0.4, -0.2) is 56.0 Å². The number of fused-ring (bicyclic) bond motifs is 1. The van der Waals surface area contributed by atoms with Crippen LogP contribution in [0, 0.1) is 0 Å². The molecule has 11 heteroatoms. The van der Waals surface area contributed by atoms with Gasteiger partial charge in [-0.25, -0.2) is 15.1 Å². The number of rotatable bonds is 9. The Labute approximate surface area is 195 Å². The Hall–Kier alpha value is -3.44. The van der Waals surface area contributed by atoms with Crippen LogP contribution in [0.25, 0.3) is 0 Å². The number of nitrogens with one attached hydrogen (secondary N) is 3. The van der Waals surface area contributed by atoms with Crippen molar-refractivity contribution in [1.82, 2.24) is 20.9 Å². The molecule has 0 spiro atoms. The number of benzene rings is 1. The molecule has 2 heterocycles. The predicted molar refractivity (Wildman–Crippen MR) is 124 cm³/mol. The summed E-state index contributed by atoms with van der Waals surface area (Å²) >= 11 is 1.17. The van der Waals surface area contributed by atoms with Crippen molar-refractivity contribution >= 4 is 29.0 Å². The summed E-state index contributed by atoms with van der Waals surface area (Å²) in [6, 6.07) is 4.81. The zero-order valence-electron chi connectivity index (χ0n) is 18.8. The first-order valence-corrected chi connectivity index (χ1v) is 11.2. The number of ether oxygens (including phenoxy) is 3. The van der Waals surface area contributed by atoms with E-state index in [4.69, 9.17) is 19.6 Å². The molecule has 1 aromatic heterocycles. The maximum absolute atomic E-state index is 12.8. The molecule has 2 amide bonds. The third-order valence-electron chi connectivity index (χ3n) is 4.53. The topological polar surface area (TPSA) is 136 Å². The third kappa shape index (κ3) is 6.77. The SMILES string of the molecule is CN/C=C\C(=[NH2+])NC(=O)c1cc(Oc2nc3c(s2)C(=O)NCCC3)cc(O[C@@H](C)COC)c1. The summed E-state index contributed by atoms with van der Waals surface area (Å²) in [5.41, 5.74) is 0.992. The lowest BCUT2D eigenvalue weighted by molar-refractivity contribution is -0.115. The number of hydrogen-bond donors (Lipinski definition) is 4. The normalized spacial score (nSPS) is 14.1. The van der Waals surface area contributed by atoms with Crippen LogP contribution >= 0.6 is 11.3 Å². The average molecular weight is 475 g/mol. The summed E-state index contributed by atoms with van der Waals surface area (Å²) in [6.07, 6.45) is 4.38. The Kier molecular flexibility index (Phi) is 8.39. The minimum atomic E-state index is -0.433. The van der Waals surface area contributed by atoms with Gasteiger partial charge < -0.3 is 24.8 Å². The minimum Gasteiger partial charge on any atom is -0.488 e. The Morgan fingerprint density at radius 3 is 2.91 bits per heavy atom. The molecule has 1 atom stereocenters. The molecule has 1 aromatic carbocycles. The number of amides is 2. The maximum atomic E-state index is 12.8. The first-order valence-electron chi connectivity index (χ1n) is 10.4. The van der Waals surface area contributed by atoms with Crippen molar-refractivity contribution in [2.75, 3.05) is 27.3 Å². The summed E-state index contributed by atoms with van der Waals surface area (Å²) < 4.78 is 16.9. The molecule has 176 valence electrons. The first-order chi connectivity index (χ1) is 15.9. The van der Waals surface area contributed by atoms with Gasteiger partial charge in [0.25, 0.3) is 16.9 Å². The summed E-state index contributed by atoms with van der Waals surface area (Å²) in [6.45, 7) is 2.84. The van der Waals surface area contributed by atoms with E-state index in [-0.39, 0.29) is 23.4 Å². The van der Waals surface area contributed by atoms with Crippen LogP contribution in [0.3, 0.4) is 0 Å². The van der Waals surface area contributed by atoms with Crippen molar-refractivity contribution < 1.29 is 29.2 Å². The Morgan fingerprint density at radius 2 is 2.15 bits per heavy atom. The van der Waals surface area contributed by atoms with Crippen LogP contribution in [-0.2, 0) is 11.2 Å². The quantitative estimate of drug-likeness (QED) is 0.309. The number of amidine groups is 1. The van der Waals surface area contributed by atoms with Crippen LogP contribution < -0.4 is 30.8 Å². The third-order valence-corrected chi connectivity index (χ3v) is 5.51. The first kappa shape index (κ1) is 24.2. The number of aromatic nitrogens is 1. The van der Waals surface area contributed by atoms with E-state index >= 15 is 0 Å². The summed E-state index contributed by atoms with van der Waals surface area (Å²) in [4.78, 5) is 30.0. The molecule has 1 aliphatic rings. The molecule has 0 aliphatic carbocycles. The van der Waals surface area contributed by atoms with E-state index in [1.54, 1.807) is 38.6 Å². The predicted octanol–water partition coefficient (Wildman–Crippen LogP) is 0.646. The lowest BCUT2D eigenvalue weighted by Gasteiger charge is -2.15. The zero-order chi connectivity index (χ0) is 23.8. The van der Waals surface area contributed by atoms with Gasteiger partial charge in [0.15, 0.2) is 0 Å². The fourth-order valence-electron chi connectivity index (χ4n) is 3.11. The second-order valence-electron chi connectivity index (χ2n) is 7.33. The van der Waals surface area contributed by atoms with E-state index in [9.17, 15) is 9.59 Å². The number of hydrogen-bond acceptors (Lipinski definition) is 8. The lowest BCUT2D eigenvalue weighted by Crippen LogP contribution is -2.49. The molecule has 0 saturated heterocycles. The number of carbonyl (C=O) groups excluding carboxylic acids is 2. The molecule has 0 fully saturated rings. The summed E-state index contributed by atoms with van der Waals surface area (Å²) in [5, 5.41) is 14.4. The van der Waals surface area contributed by atoms with Crippen LogP contribution in [0.15, 0.2) is 30.5 Å². The highest BCUT2D eigenvalue weighted by atomic mass is 32.1. The van der Waals surface area contributed by atoms with Gasteiger partial charge in [0.2, 0.25) is 0 Å². The largest absolute Gasteiger partial charge is 0.488 e. The van der Waals surface area contributed by atoms with E-state index in [2.05, 4.69) is 20.9 Å². The molecular weight excluding hydrogens is 446 g/mol. The van der Waals surface area contributed by atoms with Gasteiger partial charge in [-0.1, -0.05) is 11.3 Å². The van der Waals surface area contributed by atoms with Gasteiger partial charge in [0.05, 0.1) is 17.9 Å². The number of aryl methyl sites for hydroxylation is 1. The van der Waals surface area contributed by atoms with E-state index < -0.39 is 5.91 Å². The van der Waals surface area contributed by atoms with Crippen molar-refractivity contribution in [3.63, 3.8) is 0 Å². The zero-order valence-corrected chi connectivity index (χ0v) is 19.6. The Morgan fingerprint density at radius 1 is 1.36 bits per heavy atom. The highest BCUT2D eigenvalue weighted by Gasteiger charge is 2.22. The second-order valence-corrected chi connectivity index (χ2v) is 8.29. The monoisotopic (exact) mass is 474 g/mol. The number of nitrogens with zero attached hydrogens (tertiary/aromatic N) is 1. The van der Waals surface area contributed by atoms with E-state index in [0.29, 0.717) is 46.8 Å². The van der Waals surface area contributed by atoms with Crippen molar-refractivity contribution in [2.45, 2.75) is 25.9 Å². The molecule has 2 aromatic rings. The smallest absolute Gasteiger partial charge is 0.339 e. The van der Waals surface area contributed by atoms with E-state index in [1.807, 2.05) is 6.92 Å². The van der Waals surface area contributed by atoms with Crippen LogP contribution in [0.4, 0.5) is 0 Å². The van der Waals surface area contributed by atoms with Crippen molar-refractivity contribution in [3.8, 4) is 16.7 Å². The molecule has 10 nitrogen and oxygen atoms in total. The molecule has 0 unspecified atom stereocenters. The Balaban J connectivity index is 1.86. The lowest BCUT2D eigenvalue weighted by atomic mass is 10.2. The Bertz CT molecular complexity index is 1050. The van der Waals surface area contributed by atoms with Crippen LogP contribution in [0.2, 0.25) is 0 Å². The molecular formula is C22H28N5O5S+. The average Bonchev–Trinajstić information content (AvgIpc) is 3.09. The molecule has 3 rings (SSSR count). The fraction of sp³-hybridized carbons (Fsp3) is 0.364. The van der Waals surface area contributed by atoms with Gasteiger partial charge in [-0.15, -0.1) is 0 Å². The van der Waals surface area contributed by atoms with E-state index in [1.165, 1.54) is 17.4 Å². The van der Waals surface area contributed by atoms with Crippen molar-refractivity contribution in [2.24, 2.45) is 0 Å².